The van der Waals surface area contributed by atoms with Gasteiger partial charge in [-0.1, -0.05) is 32.9 Å². The molecule has 1 heterocycles. The second-order valence-electron chi connectivity index (χ2n) is 8.31. The number of amides is 1. The number of aryl methyl sites for hydroxylation is 1. The Kier molecular flexibility index (Phi) is 6.00. The molecule has 0 atom stereocenters. The van der Waals surface area contributed by atoms with Gasteiger partial charge >= 0.3 is 0 Å². The minimum atomic E-state index is -3.69. The molecule has 3 rings (SSSR count). The summed E-state index contributed by atoms with van der Waals surface area (Å²) in [6.07, 6.45) is 1.62. The van der Waals surface area contributed by atoms with Gasteiger partial charge < -0.3 is 9.64 Å². The van der Waals surface area contributed by atoms with Crippen LogP contribution in [0.1, 0.15) is 38.3 Å². The van der Waals surface area contributed by atoms with E-state index < -0.39 is 10.0 Å². The SMILES string of the molecule is COCC(=O)N1CCCc2cc(NS(=O)(=O)c3ccc(C(C)(C)C)cc3)ccc21. The fraction of sp³-hybridized carbons (Fsp3) is 0.409. The number of hydrogen-bond acceptors (Lipinski definition) is 4. The molecule has 0 radical (unpaired) electrons. The van der Waals surface area contributed by atoms with E-state index in [0.29, 0.717) is 12.2 Å². The highest BCUT2D eigenvalue weighted by Gasteiger charge is 2.23. The highest BCUT2D eigenvalue weighted by molar-refractivity contribution is 7.92. The number of sulfonamides is 1. The molecule has 0 unspecified atom stereocenters. The predicted molar refractivity (Wildman–Crippen MR) is 115 cm³/mol. The Balaban J connectivity index is 1.82. The monoisotopic (exact) mass is 416 g/mol. The Morgan fingerprint density at radius 3 is 2.45 bits per heavy atom. The van der Waals surface area contributed by atoms with Crippen LogP contribution in [-0.4, -0.2) is 34.6 Å². The van der Waals surface area contributed by atoms with Crippen molar-refractivity contribution >= 4 is 27.3 Å². The van der Waals surface area contributed by atoms with Gasteiger partial charge in [0.15, 0.2) is 0 Å². The van der Waals surface area contributed by atoms with Gasteiger partial charge in [0.25, 0.3) is 15.9 Å². The summed E-state index contributed by atoms with van der Waals surface area (Å²) >= 11 is 0. The minimum absolute atomic E-state index is 0.0262. The second-order valence-corrected chi connectivity index (χ2v) is 9.99. The van der Waals surface area contributed by atoms with Crippen molar-refractivity contribution < 1.29 is 17.9 Å². The maximum atomic E-state index is 12.8. The first kappa shape index (κ1) is 21.3. The van der Waals surface area contributed by atoms with Gasteiger partial charge in [0.2, 0.25) is 0 Å². The number of hydrogen-bond donors (Lipinski definition) is 1. The molecule has 156 valence electrons. The lowest BCUT2D eigenvalue weighted by atomic mass is 9.87. The van der Waals surface area contributed by atoms with Gasteiger partial charge in [-0.25, -0.2) is 8.42 Å². The van der Waals surface area contributed by atoms with E-state index in [-0.39, 0.29) is 22.8 Å². The molecule has 0 saturated heterocycles. The summed E-state index contributed by atoms with van der Waals surface area (Å²) in [4.78, 5) is 14.2. The van der Waals surface area contributed by atoms with Crippen molar-refractivity contribution in [3.8, 4) is 0 Å². The first-order valence-corrected chi connectivity index (χ1v) is 11.2. The van der Waals surface area contributed by atoms with Crippen molar-refractivity contribution in [2.75, 3.05) is 29.9 Å². The first-order chi connectivity index (χ1) is 13.6. The molecule has 0 aromatic heterocycles. The van der Waals surface area contributed by atoms with E-state index in [1.807, 2.05) is 18.2 Å². The van der Waals surface area contributed by atoms with Crippen LogP contribution in [0.2, 0.25) is 0 Å². The lowest BCUT2D eigenvalue weighted by molar-refractivity contribution is -0.122. The largest absolute Gasteiger partial charge is 0.375 e. The molecule has 7 heteroatoms. The van der Waals surface area contributed by atoms with Gasteiger partial charge in [-0.05, 0) is 59.7 Å². The summed E-state index contributed by atoms with van der Waals surface area (Å²) in [6, 6.07) is 12.3. The van der Waals surface area contributed by atoms with Gasteiger partial charge in [-0.3, -0.25) is 9.52 Å². The number of benzene rings is 2. The number of nitrogens with one attached hydrogen (secondary N) is 1. The number of carbonyl (C=O) groups is 1. The van der Waals surface area contributed by atoms with Crippen molar-refractivity contribution in [2.45, 2.75) is 43.9 Å². The molecule has 1 amide bonds. The summed E-state index contributed by atoms with van der Waals surface area (Å²) < 4.78 is 33.2. The molecule has 1 aliphatic rings. The molecule has 1 N–H and O–H groups in total. The van der Waals surface area contributed by atoms with E-state index in [4.69, 9.17) is 4.74 Å². The van der Waals surface area contributed by atoms with Crippen LogP contribution in [0.3, 0.4) is 0 Å². The Hall–Kier alpha value is -2.38. The molecule has 29 heavy (non-hydrogen) atoms. The smallest absolute Gasteiger partial charge is 0.261 e. The van der Waals surface area contributed by atoms with E-state index in [0.717, 1.165) is 29.7 Å². The van der Waals surface area contributed by atoms with Crippen molar-refractivity contribution in [2.24, 2.45) is 0 Å². The molecular formula is C22H28N2O4S. The number of methoxy groups -OCH3 is 1. The Bertz CT molecular complexity index is 992. The van der Waals surface area contributed by atoms with Gasteiger partial charge in [-0.15, -0.1) is 0 Å². The fourth-order valence-electron chi connectivity index (χ4n) is 3.47. The Morgan fingerprint density at radius 2 is 1.83 bits per heavy atom. The Labute approximate surface area is 172 Å². The topological polar surface area (TPSA) is 75.7 Å². The summed E-state index contributed by atoms with van der Waals surface area (Å²) in [7, 11) is -2.20. The quantitative estimate of drug-likeness (QED) is 0.806. The third kappa shape index (κ3) is 4.79. The van der Waals surface area contributed by atoms with Crippen LogP contribution in [0.25, 0.3) is 0 Å². The van der Waals surface area contributed by atoms with Crippen LogP contribution in [0.4, 0.5) is 11.4 Å². The zero-order chi connectivity index (χ0) is 21.2. The zero-order valence-electron chi connectivity index (χ0n) is 17.4. The third-order valence-electron chi connectivity index (χ3n) is 5.05. The minimum Gasteiger partial charge on any atom is -0.375 e. The van der Waals surface area contributed by atoms with Crippen LogP contribution in [0.5, 0.6) is 0 Å². The number of carbonyl (C=O) groups excluding carboxylic acids is 1. The van der Waals surface area contributed by atoms with E-state index in [1.54, 1.807) is 29.2 Å². The summed E-state index contributed by atoms with van der Waals surface area (Å²) in [5.74, 6) is -0.0966. The van der Waals surface area contributed by atoms with Gasteiger partial charge in [0.05, 0.1) is 4.90 Å². The van der Waals surface area contributed by atoms with Crippen LogP contribution in [0.15, 0.2) is 47.4 Å². The number of rotatable bonds is 5. The molecule has 2 aromatic carbocycles. The molecule has 0 bridgehead atoms. The lowest BCUT2D eigenvalue weighted by Crippen LogP contribution is -2.37. The highest BCUT2D eigenvalue weighted by atomic mass is 32.2. The van der Waals surface area contributed by atoms with E-state index in [1.165, 1.54) is 7.11 Å². The molecule has 6 nitrogen and oxygen atoms in total. The summed E-state index contributed by atoms with van der Waals surface area (Å²) in [5, 5.41) is 0. The van der Waals surface area contributed by atoms with Crippen molar-refractivity contribution in [1.29, 1.82) is 0 Å². The maximum absolute atomic E-state index is 12.8. The normalized spacial score (nSPS) is 14.4. The van der Waals surface area contributed by atoms with Crippen molar-refractivity contribution in [3.05, 3.63) is 53.6 Å². The average molecular weight is 417 g/mol. The van der Waals surface area contributed by atoms with E-state index >= 15 is 0 Å². The number of fused-ring (bicyclic) bond motifs is 1. The summed E-state index contributed by atoms with van der Waals surface area (Å²) in [5.41, 5.74) is 3.29. The molecule has 0 fully saturated rings. The van der Waals surface area contributed by atoms with Gasteiger partial charge in [0.1, 0.15) is 6.61 Å². The standard InChI is InChI=1S/C22H28N2O4S/c1-22(2,3)17-7-10-19(11-8-17)29(26,27)23-18-9-12-20-16(14-18)6-5-13-24(20)21(25)15-28-4/h7-12,14,23H,5-6,13,15H2,1-4H3. The summed E-state index contributed by atoms with van der Waals surface area (Å²) in [6.45, 7) is 6.92. The molecule has 0 spiro atoms. The second kappa shape index (κ2) is 8.16. The maximum Gasteiger partial charge on any atom is 0.261 e. The first-order valence-electron chi connectivity index (χ1n) is 9.67. The van der Waals surface area contributed by atoms with Gasteiger partial charge in [-0.2, -0.15) is 0 Å². The average Bonchev–Trinajstić information content (AvgIpc) is 2.66. The number of nitrogens with zero attached hydrogens (tertiary/aromatic N) is 1. The van der Waals surface area contributed by atoms with Crippen LogP contribution in [-0.2, 0) is 31.4 Å². The van der Waals surface area contributed by atoms with Crippen molar-refractivity contribution in [3.63, 3.8) is 0 Å². The van der Waals surface area contributed by atoms with Gasteiger partial charge in [0, 0.05) is 25.0 Å². The number of anilines is 2. The molecule has 0 saturated carbocycles. The lowest BCUT2D eigenvalue weighted by Gasteiger charge is -2.29. The number of ether oxygens (including phenoxy) is 1. The van der Waals surface area contributed by atoms with E-state index in [9.17, 15) is 13.2 Å². The van der Waals surface area contributed by atoms with E-state index in [2.05, 4.69) is 25.5 Å². The fourth-order valence-corrected chi connectivity index (χ4v) is 4.52. The molecular weight excluding hydrogens is 388 g/mol. The van der Waals surface area contributed by atoms with Crippen LogP contribution < -0.4 is 9.62 Å². The highest BCUT2D eigenvalue weighted by Crippen LogP contribution is 2.31. The van der Waals surface area contributed by atoms with Crippen molar-refractivity contribution in [1.82, 2.24) is 0 Å². The van der Waals surface area contributed by atoms with Crippen LogP contribution in [0, 0.1) is 0 Å². The molecule has 2 aromatic rings. The van der Waals surface area contributed by atoms with Crippen LogP contribution >= 0.6 is 0 Å². The molecule has 1 aliphatic heterocycles. The third-order valence-corrected chi connectivity index (χ3v) is 6.45. The zero-order valence-corrected chi connectivity index (χ0v) is 18.2. The Morgan fingerprint density at radius 1 is 1.14 bits per heavy atom. The predicted octanol–water partition coefficient (Wildman–Crippen LogP) is 3.71. The molecule has 0 aliphatic carbocycles.